The summed E-state index contributed by atoms with van der Waals surface area (Å²) in [6.45, 7) is 4.08. The molecule has 0 aliphatic carbocycles. The van der Waals surface area contributed by atoms with Crippen molar-refractivity contribution in [1.82, 2.24) is 9.80 Å². The Morgan fingerprint density at radius 1 is 1.04 bits per heavy atom. The number of hydrogen-bond donors (Lipinski definition) is 1. The van der Waals surface area contributed by atoms with Crippen molar-refractivity contribution in [3.05, 3.63) is 59.9 Å². The van der Waals surface area contributed by atoms with Gasteiger partial charge in [0.25, 0.3) is 0 Å². The van der Waals surface area contributed by atoms with Crippen LogP contribution >= 0.6 is 0 Å². The van der Waals surface area contributed by atoms with Crippen LogP contribution in [0.15, 0.2) is 48.5 Å². The summed E-state index contributed by atoms with van der Waals surface area (Å²) < 4.78 is 13.9. The van der Waals surface area contributed by atoms with Gasteiger partial charge in [0.2, 0.25) is 0 Å². The molecular formula is C21H27FN2O. The summed E-state index contributed by atoms with van der Waals surface area (Å²) in [4.78, 5) is 4.60. The SMILES string of the molecule is CN(C)C[C@@H]1CN(Cc2ccc(-c3ccccc3F)cc2)C[C@@H]1CO. The van der Waals surface area contributed by atoms with Gasteiger partial charge < -0.3 is 10.0 Å². The van der Waals surface area contributed by atoms with E-state index in [9.17, 15) is 9.50 Å². The molecule has 0 radical (unpaired) electrons. The highest BCUT2D eigenvalue weighted by Gasteiger charge is 2.32. The van der Waals surface area contributed by atoms with Crippen LogP contribution in [0.4, 0.5) is 4.39 Å². The summed E-state index contributed by atoms with van der Waals surface area (Å²) in [6.07, 6.45) is 0. The van der Waals surface area contributed by atoms with Crippen molar-refractivity contribution in [2.45, 2.75) is 6.54 Å². The fourth-order valence-corrected chi connectivity index (χ4v) is 3.79. The molecule has 2 aromatic carbocycles. The second kappa shape index (κ2) is 8.09. The van der Waals surface area contributed by atoms with E-state index in [4.69, 9.17) is 0 Å². The molecule has 0 spiro atoms. The topological polar surface area (TPSA) is 26.7 Å². The van der Waals surface area contributed by atoms with Gasteiger partial charge in [0.15, 0.2) is 0 Å². The van der Waals surface area contributed by atoms with Gasteiger partial charge in [-0.15, -0.1) is 0 Å². The van der Waals surface area contributed by atoms with Crippen molar-refractivity contribution in [2.24, 2.45) is 11.8 Å². The molecule has 3 nitrogen and oxygen atoms in total. The van der Waals surface area contributed by atoms with Crippen LogP contribution in [0.3, 0.4) is 0 Å². The minimum absolute atomic E-state index is 0.188. The number of benzene rings is 2. The van der Waals surface area contributed by atoms with Gasteiger partial charge >= 0.3 is 0 Å². The number of aliphatic hydroxyl groups excluding tert-OH is 1. The van der Waals surface area contributed by atoms with Crippen LogP contribution < -0.4 is 0 Å². The molecule has 1 saturated heterocycles. The molecule has 1 N–H and O–H groups in total. The highest BCUT2D eigenvalue weighted by Crippen LogP contribution is 2.27. The third-order valence-corrected chi connectivity index (χ3v) is 5.03. The van der Waals surface area contributed by atoms with E-state index < -0.39 is 0 Å². The van der Waals surface area contributed by atoms with Gasteiger partial charge in [0.1, 0.15) is 5.82 Å². The van der Waals surface area contributed by atoms with Gasteiger partial charge in [-0.2, -0.15) is 0 Å². The van der Waals surface area contributed by atoms with E-state index in [1.165, 1.54) is 11.6 Å². The Bertz CT molecular complexity index is 687. The van der Waals surface area contributed by atoms with Crippen LogP contribution in [0, 0.1) is 17.7 Å². The molecule has 2 aromatic rings. The van der Waals surface area contributed by atoms with Crippen molar-refractivity contribution >= 4 is 0 Å². The van der Waals surface area contributed by atoms with Crippen LogP contribution in [0.2, 0.25) is 0 Å². The van der Waals surface area contributed by atoms with E-state index in [1.807, 2.05) is 24.3 Å². The highest BCUT2D eigenvalue weighted by atomic mass is 19.1. The lowest BCUT2D eigenvalue weighted by atomic mass is 9.97. The van der Waals surface area contributed by atoms with Gasteiger partial charge in [-0.1, -0.05) is 42.5 Å². The van der Waals surface area contributed by atoms with Crippen LogP contribution in [-0.4, -0.2) is 55.2 Å². The molecule has 134 valence electrons. The quantitative estimate of drug-likeness (QED) is 0.874. The van der Waals surface area contributed by atoms with E-state index in [-0.39, 0.29) is 12.4 Å². The first kappa shape index (κ1) is 18.1. The molecule has 4 heteroatoms. The smallest absolute Gasteiger partial charge is 0.131 e. The summed E-state index contributed by atoms with van der Waals surface area (Å²) in [6, 6.07) is 15.0. The van der Waals surface area contributed by atoms with Gasteiger partial charge in [0.05, 0.1) is 0 Å². The van der Waals surface area contributed by atoms with Gasteiger partial charge in [-0.25, -0.2) is 4.39 Å². The summed E-state index contributed by atoms with van der Waals surface area (Å²) in [5, 5.41) is 9.64. The molecule has 0 unspecified atom stereocenters. The average Bonchev–Trinajstić information content (AvgIpc) is 2.97. The maximum absolute atomic E-state index is 13.9. The minimum atomic E-state index is -0.188. The average molecular weight is 342 g/mol. The molecule has 25 heavy (non-hydrogen) atoms. The summed E-state index contributed by atoms with van der Waals surface area (Å²) >= 11 is 0. The first-order valence-electron chi connectivity index (χ1n) is 8.88. The number of nitrogens with zero attached hydrogens (tertiary/aromatic N) is 2. The first-order valence-corrected chi connectivity index (χ1v) is 8.88. The van der Waals surface area contributed by atoms with Gasteiger partial charge in [-0.3, -0.25) is 4.90 Å². The van der Waals surface area contributed by atoms with Crippen molar-refractivity contribution in [1.29, 1.82) is 0 Å². The van der Waals surface area contributed by atoms with E-state index in [0.717, 1.165) is 31.7 Å². The molecule has 1 aliphatic rings. The monoisotopic (exact) mass is 342 g/mol. The number of rotatable bonds is 6. The Morgan fingerprint density at radius 3 is 2.36 bits per heavy atom. The fraction of sp³-hybridized carbons (Fsp3) is 0.429. The molecule has 1 heterocycles. The first-order chi connectivity index (χ1) is 12.1. The van der Waals surface area contributed by atoms with Crippen LogP contribution in [0.25, 0.3) is 11.1 Å². The summed E-state index contributed by atoms with van der Waals surface area (Å²) in [5.74, 6) is 0.671. The summed E-state index contributed by atoms with van der Waals surface area (Å²) in [5.41, 5.74) is 2.77. The van der Waals surface area contributed by atoms with E-state index in [2.05, 4.69) is 36.0 Å². The fourth-order valence-electron chi connectivity index (χ4n) is 3.79. The third kappa shape index (κ3) is 4.46. The number of aliphatic hydroxyl groups is 1. The summed E-state index contributed by atoms with van der Waals surface area (Å²) in [7, 11) is 4.16. The zero-order valence-corrected chi connectivity index (χ0v) is 15.0. The molecule has 0 saturated carbocycles. The van der Waals surface area contributed by atoms with Crippen molar-refractivity contribution in [3.8, 4) is 11.1 Å². The molecule has 3 rings (SSSR count). The minimum Gasteiger partial charge on any atom is -0.396 e. The lowest BCUT2D eigenvalue weighted by molar-refractivity contribution is 0.183. The second-order valence-corrected chi connectivity index (χ2v) is 7.34. The van der Waals surface area contributed by atoms with Crippen molar-refractivity contribution < 1.29 is 9.50 Å². The zero-order chi connectivity index (χ0) is 17.8. The number of likely N-dealkylation sites (tertiary alicyclic amines) is 1. The van der Waals surface area contributed by atoms with Gasteiger partial charge in [-0.05, 0) is 43.1 Å². The Hall–Kier alpha value is -1.75. The lowest BCUT2D eigenvalue weighted by Crippen LogP contribution is -2.28. The molecule has 0 aromatic heterocycles. The molecule has 1 fully saturated rings. The van der Waals surface area contributed by atoms with E-state index in [0.29, 0.717) is 17.4 Å². The Morgan fingerprint density at radius 2 is 1.72 bits per heavy atom. The van der Waals surface area contributed by atoms with Crippen LogP contribution in [0.1, 0.15) is 5.56 Å². The molecule has 0 amide bonds. The zero-order valence-electron chi connectivity index (χ0n) is 15.0. The molecule has 1 aliphatic heterocycles. The van der Waals surface area contributed by atoms with Gasteiger partial charge in [0, 0.05) is 38.3 Å². The maximum Gasteiger partial charge on any atom is 0.131 e. The Kier molecular flexibility index (Phi) is 5.84. The van der Waals surface area contributed by atoms with Crippen molar-refractivity contribution in [2.75, 3.05) is 40.3 Å². The Balaban J connectivity index is 1.65. The largest absolute Gasteiger partial charge is 0.396 e. The standard InChI is InChI=1S/C21H27FN2O/c1-23(2)12-18-13-24(14-19(18)15-25)11-16-7-9-17(10-8-16)20-5-3-4-6-21(20)22/h3-10,18-19,25H,11-15H2,1-2H3/t18-,19-/m1/s1. The van der Waals surface area contributed by atoms with Crippen molar-refractivity contribution in [3.63, 3.8) is 0 Å². The maximum atomic E-state index is 13.9. The van der Waals surface area contributed by atoms with E-state index in [1.54, 1.807) is 6.07 Å². The predicted octanol–water partition coefficient (Wildman–Crippen LogP) is 3.09. The third-order valence-electron chi connectivity index (χ3n) is 5.03. The highest BCUT2D eigenvalue weighted by molar-refractivity contribution is 5.64. The number of halogens is 1. The molecule has 0 bridgehead atoms. The lowest BCUT2D eigenvalue weighted by Gasteiger charge is -2.20. The molecular weight excluding hydrogens is 315 g/mol. The second-order valence-electron chi connectivity index (χ2n) is 7.34. The predicted molar refractivity (Wildman–Crippen MR) is 99.7 cm³/mol. The van der Waals surface area contributed by atoms with Crippen LogP contribution in [-0.2, 0) is 6.54 Å². The number of hydrogen-bond acceptors (Lipinski definition) is 3. The van der Waals surface area contributed by atoms with E-state index >= 15 is 0 Å². The Labute approximate surface area is 149 Å². The normalized spacial score (nSPS) is 21.2. The molecule has 2 atom stereocenters. The van der Waals surface area contributed by atoms with Crippen LogP contribution in [0.5, 0.6) is 0 Å².